The van der Waals surface area contributed by atoms with Crippen LogP contribution in [0.1, 0.15) is 17.9 Å². The zero-order valence-electron chi connectivity index (χ0n) is 14.8. The first-order chi connectivity index (χ1) is 13.0. The molecular weight excluding hydrogens is 366 g/mol. The van der Waals surface area contributed by atoms with E-state index in [-0.39, 0.29) is 23.4 Å². The second-order valence-electron chi connectivity index (χ2n) is 7.06. The van der Waals surface area contributed by atoms with Gasteiger partial charge in [0.2, 0.25) is 5.91 Å². The quantitative estimate of drug-likeness (QED) is 0.594. The van der Waals surface area contributed by atoms with E-state index in [0.717, 1.165) is 35.8 Å². The van der Waals surface area contributed by atoms with Crippen molar-refractivity contribution in [2.75, 3.05) is 31.1 Å². The first-order valence-electron chi connectivity index (χ1n) is 9.07. The van der Waals surface area contributed by atoms with Gasteiger partial charge in [0.15, 0.2) is 0 Å². The molecule has 2 aromatic carbocycles. The smallest absolute Gasteiger partial charge is 0.269 e. The Balaban J connectivity index is 1.34. The molecule has 0 N–H and O–H groups in total. The lowest BCUT2D eigenvalue weighted by Crippen LogP contribution is -2.49. The van der Waals surface area contributed by atoms with E-state index in [1.54, 1.807) is 12.1 Å². The number of anilines is 1. The molecule has 140 valence electrons. The van der Waals surface area contributed by atoms with Crippen molar-refractivity contribution in [3.8, 4) is 0 Å². The Morgan fingerprint density at radius 3 is 2.33 bits per heavy atom. The monoisotopic (exact) mass is 385 g/mol. The number of amides is 1. The van der Waals surface area contributed by atoms with Crippen LogP contribution in [0.5, 0.6) is 0 Å². The normalized spacial score (nSPS) is 21.8. The van der Waals surface area contributed by atoms with Crippen LogP contribution in [0.15, 0.2) is 48.5 Å². The van der Waals surface area contributed by atoms with E-state index in [2.05, 4.69) is 4.90 Å². The minimum Gasteiger partial charge on any atom is -0.368 e. The maximum atomic E-state index is 12.8. The number of nitro benzene ring substituents is 1. The molecule has 27 heavy (non-hydrogen) atoms. The molecule has 1 heterocycles. The topological polar surface area (TPSA) is 66.7 Å². The minimum atomic E-state index is -0.397. The molecule has 7 heteroatoms. The summed E-state index contributed by atoms with van der Waals surface area (Å²) < 4.78 is 0. The Bertz CT molecular complexity index is 863. The van der Waals surface area contributed by atoms with Crippen molar-refractivity contribution in [1.82, 2.24) is 4.90 Å². The Hall–Kier alpha value is -2.60. The van der Waals surface area contributed by atoms with Crippen LogP contribution >= 0.6 is 11.6 Å². The summed E-state index contributed by atoms with van der Waals surface area (Å²) in [6.07, 6.45) is 0.866. The molecule has 0 aromatic heterocycles. The fourth-order valence-electron chi connectivity index (χ4n) is 3.79. The predicted octanol–water partition coefficient (Wildman–Crippen LogP) is 3.70. The molecule has 2 aliphatic rings. The number of rotatable bonds is 4. The van der Waals surface area contributed by atoms with Crippen molar-refractivity contribution in [3.63, 3.8) is 0 Å². The number of non-ortho nitro benzene ring substituents is 1. The lowest BCUT2D eigenvalue weighted by atomic mass is 10.1. The highest BCUT2D eigenvalue weighted by molar-refractivity contribution is 6.31. The molecule has 1 saturated carbocycles. The molecule has 6 nitrogen and oxygen atoms in total. The van der Waals surface area contributed by atoms with Crippen LogP contribution in [0, 0.1) is 16.0 Å². The third-order valence-corrected chi connectivity index (χ3v) is 5.77. The van der Waals surface area contributed by atoms with Gasteiger partial charge in [-0.15, -0.1) is 0 Å². The van der Waals surface area contributed by atoms with Crippen molar-refractivity contribution in [2.45, 2.75) is 12.3 Å². The SMILES string of the molecule is O=C(C1CC1c1ccccc1Cl)N1CCN(c2ccc([N+](=O)[O-])cc2)CC1. The predicted molar refractivity (Wildman–Crippen MR) is 104 cm³/mol. The van der Waals surface area contributed by atoms with Crippen molar-refractivity contribution < 1.29 is 9.72 Å². The van der Waals surface area contributed by atoms with Gasteiger partial charge < -0.3 is 9.80 Å². The summed E-state index contributed by atoms with van der Waals surface area (Å²) in [6.45, 7) is 2.79. The Kier molecular flexibility index (Phi) is 4.74. The number of nitro groups is 1. The molecule has 1 saturated heterocycles. The summed E-state index contributed by atoms with van der Waals surface area (Å²) in [7, 11) is 0. The number of carbonyl (C=O) groups excluding carboxylic acids is 1. The summed E-state index contributed by atoms with van der Waals surface area (Å²) in [5.41, 5.74) is 2.11. The number of halogens is 1. The van der Waals surface area contributed by atoms with E-state index in [1.165, 1.54) is 12.1 Å². The Labute approximate surface area is 162 Å². The van der Waals surface area contributed by atoms with Gasteiger partial charge in [-0.05, 0) is 36.1 Å². The maximum absolute atomic E-state index is 12.8. The van der Waals surface area contributed by atoms with Gasteiger partial charge in [-0.1, -0.05) is 29.8 Å². The van der Waals surface area contributed by atoms with Gasteiger partial charge in [-0.2, -0.15) is 0 Å². The second kappa shape index (κ2) is 7.19. The van der Waals surface area contributed by atoms with Crippen LogP contribution in [0.4, 0.5) is 11.4 Å². The first kappa shape index (κ1) is 17.8. The number of nitrogens with zero attached hydrogens (tertiary/aromatic N) is 3. The second-order valence-corrected chi connectivity index (χ2v) is 7.46. The number of hydrogen-bond donors (Lipinski definition) is 0. The van der Waals surface area contributed by atoms with Crippen LogP contribution in [-0.2, 0) is 4.79 Å². The molecule has 2 aromatic rings. The van der Waals surface area contributed by atoms with E-state index < -0.39 is 4.92 Å². The molecule has 2 unspecified atom stereocenters. The summed E-state index contributed by atoms with van der Waals surface area (Å²) in [4.78, 5) is 27.3. The summed E-state index contributed by atoms with van der Waals surface area (Å²) in [5.74, 6) is 0.484. The van der Waals surface area contributed by atoms with Gasteiger partial charge in [-0.3, -0.25) is 14.9 Å². The molecule has 0 radical (unpaired) electrons. The van der Waals surface area contributed by atoms with Crippen LogP contribution in [-0.4, -0.2) is 41.9 Å². The van der Waals surface area contributed by atoms with E-state index in [4.69, 9.17) is 11.6 Å². The van der Waals surface area contributed by atoms with Gasteiger partial charge in [-0.25, -0.2) is 0 Å². The fourth-order valence-corrected chi connectivity index (χ4v) is 4.07. The van der Waals surface area contributed by atoms with Crippen LogP contribution in [0.2, 0.25) is 5.02 Å². The third-order valence-electron chi connectivity index (χ3n) is 5.43. The zero-order chi connectivity index (χ0) is 19.0. The van der Waals surface area contributed by atoms with Gasteiger partial charge in [0, 0.05) is 54.9 Å². The molecule has 1 aliphatic heterocycles. The highest BCUT2D eigenvalue weighted by atomic mass is 35.5. The van der Waals surface area contributed by atoms with Gasteiger partial charge >= 0.3 is 0 Å². The Morgan fingerprint density at radius 1 is 1.04 bits per heavy atom. The van der Waals surface area contributed by atoms with Crippen LogP contribution < -0.4 is 4.90 Å². The highest BCUT2D eigenvalue weighted by Crippen LogP contribution is 2.50. The molecule has 2 atom stereocenters. The summed E-state index contributed by atoms with van der Waals surface area (Å²) in [5, 5.41) is 11.5. The largest absolute Gasteiger partial charge is 0.368 e. The first-order valence-corrected chi connectivity index (χ1v) is 9.45. The molecular formula is C20H20ClN3O3. The maximum Gasteiger partial charge on any atom is 0.269 e. The Morgan fingerprint density at radius 2 is 1.70 bits per heavy atom. The van der Waals surface area contributed by atoms with E-state index >= 15 is 0 Å². The highest BCUT2D eigenvalue weighted by Gasteiger charge is 2.46. The summed E-state index contributed by atoms with van der Waals surface area (Å²) >= 11 is 6.26. The van der Waals surface area contributed by atoms with Crippen LogP contribution in [0.3, 0.4) is 0 Å². The minimum absolute atomic E-state index is 0.0378. The van der Waals surface area contributed by atoms with Crippen molar-refractivity contribution >= 4 is 28.9 Å². The van der Waals surface area contributed by atoms with E-state index in [9.17, 15) is 14.9 Å². The molecule has 0 bridgehead atoms. The fraction of sp³-hybridized carbons (Fsp3) is 0.350. The standard InChI is InChI=1S/C20H20ClN3O3/c21-19-4-2-1-3-16(19)17-13-18(17)20(25)23-11-9-22(10-12-23)14-5-7-15(8-6-14)24(26)27/h1-8,17-18H,9-13H2. The average molecular weight is 386 g/mol. The zero-order valence-corrected chi connectivity index (χ0v) is 15.5. The molecule has 1 amide bonds. The molecule has 0 spiro atoms. The van der Waals surface area contributed by atoms with E-state index in [1.807, 2.05) is 29.2 Å². The lowest BCUT2D eigenvalue weighted by molar-refractivity contribution is -0.384. The number of carbonyl (C=O) groups is 1. The van der Waals surface area contributed by atoms with Crippen molar-refractivity contribution in [2.24, 2.45) is 5.92 Å². The van der Waals surface area contributed by atoms with Crippen LogP contribution in [0.25, 0.3) is 0 Å². The van der Waals surface area contributed by atoms with Gasteiger partial charge in [0.1, 0.15) is 0 Å². The molecule has 4 rings (SSSR count). The number of benzene rings is 2. The third kappa shape index (κ3) is 3.62. The van der Waals surface area contributed by atoms with Crippen molar-refractivity contribution in [1.29, 1.82) is 0 Å². The van der Waals surface area contributed by atoms with Crippen molar-refractivity contribution in [3.05, 3.63) is 69.2 Å². The summed E-state index contributed by atoms with van der Waals surface area (Å²) in [6, 6.07) is 14.3. The van der Waals surface area contributed by atoms with Gasteiger partial charge in [0.05, 0.1) is 4.92 Å². The lowest BCUT2D eigenvalue weighted by Gasteiger charge is -2.36. The molecule has 2 fully saturated rings. The average Bonchev–Trinajstić information content (AvgIpc) is 3.48. The molecule has 1 aliphatic carbocycles. The van der Waals surface area contributed by atoms with Gasteiger partial charge in [0.25, 0.3) is 5.69 Å². The number of hydrogen-bond acceptors (Lipinski definition) is 4. The number of piperazine rings is 1. The van der Waals surface area contributed by atoms with E-state index in [0.29, 0.717) is 13.1 Å².